The highest BCUT2D eigenvalue weighted by Gasteiger charge is 2.16. The van der Waals surface area contributed by atoms with Crippen molar-refractivity contribution >= 4 is 17.8 Å². The number of rotatable bonds is 9. The molecular weight excluding hydrogens is 398 g/mol. The molecule has 0 saturated carbocycles. The highest BCUT2D eigenvalue weighted by Crippen LogP contribution is 2.30. The lowest BCUT2D eigenvalue weighted by molar-refractivity contribution is -0.384. The summed E-state index contributed by atoms with van der Waals surface area (Å²) >= 11 is 0. The zero-order valence-electron chi connectivity index (χ0n) is 17.3. The van der Waals surface area contributed by atoms with Crippen molar-refractivity contribution in [2.24, 2.45) is 5.10 Å². The van der Waals surface area contributed by atoms with E-state index in [2.05, 4.69) is 24.4 Å². The molecule has 1 atom stereocenters. The van der Waals surface area contributed by atoms with E-state index in [0.717, 1.165) is 6.42 Å². The Bertz CT molecular complexity index is 1070. The van der Waals surface area contributed by atoms with Crippen molar-refractivity contribution in [3.63, 3.8) is 0 Å². The van der Waals surface area contributed by atoms with Crippen molar-refractivity contribution in [2.45, 2.75) is 26.2 Å². The molecule has 3 aromatic rings. The maximum absolute atomic E-state index is 11.9. The van der Waals surface area contributed by atoms with Crippen molar-refractivity contribution in [3.05, 3.63) is 82.1 Å². The molecule has 0 saturated heterocycles. The van der Waals surface area contributed by atoms with Gasteiger partial charge in [-0.1, -0.05) is 38.1 Å². The Hall–Kier alpha value is -3.94. The molecule has 1 aromatic heterocycles. The highest BCUT2D eigenvalue weighted by molar-refractivity contribution is 5.82. The summed E-state index contributed by atoms with van der Waals surface area (Å²) in [7, 11) is 0. The van der Waals surface area contributed by atoms with E-state index < -0.39 is 10.8 Å². The minimum Gasteiger partial charge on any atom is -0.484 e. The number of hydrogen-bond acceptors (Lipinski definition) is 6. The molecule has 3 rings (SSSR count). The van der Waals surface area contributed by atoms with E-state index in [0.29, 0.717) is 28.8 Å². The van der Waals surface area contributed by atoms with E-state index in [4.69, 9.17) is 9.15 Å². The van der Waals surface area contributed by atoms with Gasteiger partial charge in [-0.2, -0.15) is 5.10 Å². The molecule has 160 valence electrons. The normalized spacial score (nSPS) is 11.9. The van der Waals surface area contributed by atoms with Crippen LogP contribution in [0, 0.1) is 10.1 Å². The molecule has 0 radical (unpaired) electrons. The minimum atomic E-state index is -0.468. The van der Waals surface area contributed by atoms with Gasteiger partial charge in [0, 0.05) is 6.07 Å². The third-order valence-corrected chi connectivity index (χ3v) is 4.81. The number of carbonyl (C=O) groups excluding carboxylic acids is 1. The van der Waals surface area contributed by atoms with Crippen molar-refractivity contribution in [3.8, 4) is 17.1 Å². The van der Waals surface area contributed by atoms with Crippen LogP contribution in [-0.4, -0.2) is 23.7 Å². The standard InChI is InChI=1S/C23H23N3O5/c1-3-16(2)17-8-10-18(11-9-17)30-15-23(27)25-24-14-19-12-13-22(31-19)20-6-4-5-7-21(20)26(28)29/h4-14,16H,3,15H2,1-2H3,(H,25,27)/b24-14-. The molecule has 8 nitrogen and oxygen atoms in total. The van der Waals surface area contributed by atoms with Gasteiger partial charge in [-0.05, 0) is 48.2 Å². The van der Waals surface area contributed by atoms with Crippen LogP contribution in [0.4, 0.5) is 5.69 Å². The summed E-state index contributed by atoms with van der Waals surface area (Å²) in [5.74, 6) is 1.33. The van der Waals surface area contributed by atoms with E-state index in [9.17, 15) is 14.9 Å². The molecule has 0 aliphatic rings. The van der Waals surface area contributed by atoms with Gasteiger partial charge >= 0.3 is 0 Å². The number of carbonyl (C=O) groups is 1. The molecule has 31 heavy (non-hydrogen) atoms. The maximum atomic E-state index is 11.9. The first-order chi connectivity index (χ1) is 15.0. The van der Waals surface area contributed by atoms with E-state index in [1.54, 1.807) is 30.3 Å². The number of hydrazone groups is 1. The van der Waals surface area contributed by atoms with Crippen LogP contribution in [-0.2, 0) is 4.79 Å². The van der Waals surface area contributed by atoms with Crippen molar-refractivity contribution in [2.75, 3.05) is 6.61 Å². The predicted octanol–water partition coefficient (Wildman–Crippen LogP) is 4.90. The minimum absolute atomic E-state index is 0.0528. The van der Waals surface area contributed by atoms with Crippen LogP contribution in [0.25, 0.3) is 11.3 Å². The fourth-order valence-electron chi connectivity index (χ4n) is 2.89. The SMILES string of the molecule is CCC(C)c1ccc(OCC(=O)N/N=C\c2ccc(-c3ccccc3[N+](=O)[O-])o2)cc1. The fraction of sp³-hybridized carbons (Fsp3) is 0.217. The van der Waals surface area contributed by atoms with E-state index in [-0.39, 0.29) is 12.3 Å². The third-order valence-electron chi connectivity index (χ3n) is 4.81. The van der Waals surface area contributed by atoms with Crippen LogP contribution in [0.1, 0.15) is 37.5 Å². The Kier molecular flexibility index (Phi) is 7.16. The summed E-state index contributed by atoms with van der Waals surface area (Å²) in [5.41, 5.74) is 3.89. The smallest absolute Gasteiger partial charge is 0.280 e. The zero-order chi connectivity index (χ0) is 22.2. The topological polar surface area (TPSA) is 107 Å². The number of nitrogens with zero attached hydrogens (tertiary/aromatic N) is 2. The Labute approximate surface area is 179 Å². The second-order valence-electron chi connectivity index (χ2n) is 6.94. The third kappa shape index (κ3) is 5.79. The van der Waals surface area contributed by atoms with Gasteiger partial charge in [-0.25, -0.2) is 5.43 Å². The zero-order valence-corrected chi connectivity index (χ0v) is 17.3. The summed E-state index contributed by atoms with van der Waals surface area (Å²) in [6.45, 7) is 4.11. The molecule has 0 fully saturated rings. The number of nitro benzene ring substituents is 1. The second kappa shape index (κ2) is 10.2. The van der Waals surface area contributed by atoms with Crippen molar-refractivity contribution in [1.82, 2.24) is 5.43 Å². The van der Waals surface area contributed by atoms with E-state index in [1.165, 1.54) is 17.8 Å². The summed E-state index contributed by atoms with van der Waals surface area (Å²) in [6, 6.07) is 17.2. The molecule has 0 bridgehead atoms. The molecule has 0 aliphatic heterocycles. The number of para-hydroxylation sites is 1. The Morgan fingerprint density at radius 2 is 1.94 bits per heavy atom. The molecule has 0 spiro atoms. The van der Waals surface area contributed by atoms with Gasteiger partial charge in [0.15, 0.2) is 6.61 Å². The molecular formula is C23H23N3O5. The van der Waals surface area contributed by atoms with Crippen LogP contribution >= 0.6 is 0 Å². The van der Waals surface area contributed by atoms with Gasteiger partial charge in [-0.15, -0.1) is 0 Å². The summed E-state index contributed by atoms with van der Waals surface area (Å²) in [5, 5.41) is 15.0. The van der Waals surface area contributed by atoms with Crippen molar-refractivity contribution < 1.29 is 18.9 Å². The number of hydrogen-bond donors (Lipinski definition) is 1. The highest BCUT2D eigenvalue weighted by atomic mass is 16.6. The summed E-state index contributed by atoms with van der Waals surface area (Å²) in [4.78, 5) is 22.6. The van der Waals surface area contributed by atoms with E-state index >= 15 is 0 Å². The second-order valence-corrected chi connectivity index (χ2v) is 6.94. The quantitative estimate of drug-likeness (QED) is 0.300. The van der Waals surface area contributed by atoms with Gasteiger partial charge in [0.2, 0.25) is 0 Å². The number of ether oxygens (including phenoxy) is 1. The van der Waals surface area contributed by atoms with Crippen LogP contribution in [0.5, 0.6) is 5.75 Å². The van der Waals surface area contributed by atoms with E-state index in [1.807, 2.05) is 24.3 Å². The Morgan fingerprint density at radius 3 is 2.65 bits per heavy atom. The molecule has 1 heterocycles. The summed E-state index contributed by atoms with van der Waals surface area (Å²) < 4.78 is 11.0. The molecule has 8 heteroatoms. The lowest BCUT2D eigenvalue weighted by Gasteiger charge is -2.10. The molecule has 0 aliphatic carbocycles. The van der Waals surface area contributed by atoms with Crippen LogP contribution < -0.4 is 10.2 Å². The fourth-order valence-corrected chi connectivity index (χ4v) is 2.89. The first kappa shape index (κ1) is 21.8. The number of nitrogens with one attached hydrogen (secondary N) is 1. The average molecular weight is 421 g/mol. The number of nitro groups is 1. The monoisotopic (exact) mass is 421 g/mol. The van der Waals surface area contributed by atoms with Crippen LogP contribution in [0.15, 0.2) is 70.2 Å². The molecule has 2 aromatic carbocycles. The lowest BCUT2D eigenvalue weighted by Crippen LogP contribution is -2.24. The van der Waals surface area contributed by atoms with Crippen molar-refractivity contribution in [1.29, 1.82) is 0 Å². The van der Waals surface area contributed by atoms with Crippen LogP contribution in [0.2, 0.25) is 0 Å². The summed E-state index contributed by atoms with van der Waals surface area (Å²) in [6.07, 6.45) is 2.37. The Balaban J connectivity index is 1.52. The molecule has 1 N–H and O–H groups in total. The van der Waals surface area contributed by atoms with Crippen LogP contribution in [0.3, 0.4) is 0 Å². The Morgan fingerprint density at radius 1 is 1.19 bits per heavy atom. The molecule has 1 amide bonds. The maximum Gasteiger partial charge on any atom is 0.280 e. The molecule has 1 unspecified atom stereocenters. The van der Waals surface area contributed by atoms with Gasteiger partial charge in [-0.3, -0.25) is 14.9 Å². The number of benzene rings is 2. The number of furan rings is 1. The first-order valence-corrected chi connectivity index (χ1v) is 9.86. The average Bonchev–Trinajstić information content (AvgIpc) is 3.26. The van der Waals surface area contributed by atoms with Gasteiger partial charge < -0.3 is 9.15 Å². The number of amides is 1. The lowest BCUT2D eigenvalue weighted by atomic mass is 9.99. The predicted molar refractivity (Wildman–Crippen MR) is 117 cm³/mol. The largest absolute Gasteiger partial charge is 0.484 e. The van der Waals surface area contributed by atoms with Gasteiger partial charge in [0.1, 0.15) is 17.3 Å². The van der Waals surface area contributed by atoms with Gasteiger partial charge in [0.25, 0.3) is 11.6 Å². The first-order valence-electron chi connectivity index (χ1n) is 9.86. The van der Waals surface area contributed by atoms with Gasteiger partial charge in [0.05, 0.1) is 16.7 Å².